The van der Waals surface area contributed by atoms with Gasteiger partial charge in [0.15, 0.2) is 0 Å². The summed E-state index contributed by atoms with van der Waals surface area (Å²) in [7, 11) is 1.25. The van der Waals surface area contributed by atoms with Crippen molar-refractivity contribution in [3.05, 3.63) is 44.7 Å². The van der Waals surface area contributed by atoms with Crippen LogP contribution < -0.4 is 15.8 Å². The molecule has 0 radical (unpaired) electrons. The molecular formula is C25H29N5O5S2. The van der Waals surface area contributed by atoms with E-state index in [1.165, 1.54) is 17.6 Å². The number of carbonyl (C=O) groups excluding carboxylic acids is 3. The number of hydrogen-bond acceptors (Lipinski definition) is 9. The number of aryl methyl sites for hydroxylation is 1. The van der Waals surface area contributed by atoms with Crippen molar-refractivity contribution in [1.82, 2.24) is 19.6 Å². The van der Waals surface area contributed by atoms with Crippen LogP contribution in [0.15, 0.2) is 28.0 Å². The summed E-state index contributed by atoms with van der Waals surface area (Å²) >= 11 is 6.59. The highest BCUT2D eigenvalue weighted by Crippen LogP contribution is 2.34. The van der Waals surface area contributed by atoms with Crippen LogP contribution in [-0.4, -0.2) is 69.2 Å². The lowest BCUT2D eigenvalue weighted by atomic mass is 10.1. The number of amides is 2. The van der Waals surface area contributed by atoms with E-state index < -0.39 is 12.0 Å². The zero-order chi connectivity index (χ0) is 26.9. The highest BCUT2D eigenvalue weighted by atomic mass is 32.2. The minimum Gasteiger partial charge on any atom is -0.469 e. The molecule has 2 aliphatic heterocycles. The van der Waals surface area contributed by atoms with E-state index in [1.54, 1.807) is 22.1 Å². The number of nitrogens with zero attached hydrogens (tertiary/aromatic N) is 4. The second-order valence-corrected chi connectivity index (χ2v) is 11.1. The van der Waals surface area contributed by atoms with Crippen molar-refractivity contribution in [2.24, 2.45) is 5.92 Å². The lowest BCUT2D eigenvalue weighted by Crippen LogP contribution is -2.57. The van der Waals surface area contributed by atoms with Gasteiger partial charge in [0.25, 0.3) is 11.5 Å². The maximum atomic E-state index is 13.8. The number of esters is 1. The van der Waals surface area contributed by atoms with Crippen LogP contribution in [0.25, 0.3) is 11.7 Å². The molecule has 2 aliphatic rings. The summed E-state index contributed by atoms with van der Waals surface area (Å²) in [4.78, 5) is 60.1. The molecule has 0 unspecified atom stereocenters. The Balaban J connectivity index is 1.86. The van der Waals surface area contributed by atoms with Crippen LogP contribution in [0.2, 0.25) is 0 Å². The number of rotatable bonds is 7. The van der Waals surface area contributed by atoms with Gasteiger partial charge in [0.05, 0.1) is 24.0 Å². The Hall–Kier alpha value is -3.25. The number of fused-ring (bicyclic) bond motifs is 1. The van der Waals surface area contributed by atoms with Crippen molar-refractivity contribution < 1.29 is 19.1 Å². The molecule has 0 spiro atoms. The molecule has 2 fully saturated rings. The maximum Gasteiger partial charge on any atom is 0.308 e. The first kappa shape index (κ1) is 26.8. The van der Waals surface area contributed by atoms with Gasteiger partial charge in [-0.25, -0.2) is 4.98 Å². The van der Waals surface area contributed by atoms with Crippen LogP contribution in [-0.2, 0) is 19.1 Å². The highest BCUT2D eigenvalue weighted by molar-refractivity contribution is 8.26. The Morgan fingerprint density at radius 3 is 2.78 bits per heavy atom. The van der Waals surface area contributed by atoms with E-state index in [-0.39, 0.29) is 35.2 Å². The molecule has 0 aromatic carbocycles. The average molecular weight is 544 g/mol. The summed E-state index contributed by atoms with van der Waals surface area (Å²) in [5.74, 6) is -0.570. The van der Waals surface area contributed by atoms with Gasteiger partial charge in [-0.15, -0.1) is 0 Å². The monoisotopic (exact) mass is 543 g/mol. The van der Waals surface area contributed by atoms with Gasteiger partial charge in [0.1, 0.15) is 21.8 Å². The molecule has 37 heavy (non-hydrogen) atoms. The molecule has 2 aromatic heterocycles. The fourth-order valence-electron chi connectivity index (χ4n) is 4.22. The predicted octanol–water partition coefficient (Wildman–Crippen LogP) is 2.12. The third kappa shape index (κ3) is 5.54. The predicted molar refractivity (Wildman–Crippen MR) is 146 cm³/mol. The molecule has 196 valence electrons. The zero-order valence-electron chi connectivity index (χ0n) is 21.1. The van der Waals surface area contributed by atoms with Crippen molar-refractivity contribution in [2.45, 2.75) is 39.7 Å². The van der Waals surface area contributed by atoms with Gasteiger partial charge in [-0.1, -0.05) is 43.9 Å². The van der Waals surface area contributed by atoms with Crippen molar-refractivity contribution in [3.8, 4) is 0 Å². The summed E-state index contributed by atoms with van der Waals surface area (Å²) in [6.45, 7) is 7.13. The van der Waals surface area contributed by atoms with Crippen molar-refractivity contribution in [2.75, 3.05) is 31.6 Å². The minimum atomic E-state index is -0.923. The lowest BCUT2D eigenvalue weighted by molar-refractivity contribution is -0.143. The molecule has 1 N–H and O–H groups in total. The third-order valence-corrected chi connectivity index (χ3v) is 7.63. The zero-order valence-corrected chi connectivity index (χ0v) is 22.8. The first-order chi connectivity index (χ1) is 17.6. The van der Waals surface area contributed by atoms with E-state index in [1.807, 2.05) is 13.0 Å². The Morgan fingerprint density at radius 2 is 2.08 bits per heavy atom. The second-order valence-electron chi connectivity index (χ2n) is 9.39. The van der Waals surface area contributed by atoms with Crippen LogP contribution in [0.5, 0.6) is 0 Å². The Labute approximate surface area is 224 Å². The summed E-state index contributed by atoms with van der Waals surface area (Å²) in [6.07, 6.45) is 3.76. The molecule has 0 bridgehead atoms. The van der Waals surface area contributed by atoms with Gasteiger partial charge in [-0.3, -0.25) is 28.5 Å². The van der Waals surface area contributed by atoms with Crippen LogP contribution in [0, 0.1) is 12.8 Å². The number of pyridine rings is 1. The van der Waals surface area contributed by atoms with Gasteiger partial charge in [0, 0.05) is 25.8 Å². The summed E-state index contributed by atoms with van der Waals surface area (Å²) in [6, 6.07) is 2.63. The Kier molecular flexibility index (Phi) is 7.98. The van der Waals surface area contributed by atoms with Crippen molar-refractivity contribution in [1.29, 1.82) is 0 Å². The summed E-state index contributed by atoms with van der Waals surface area (Å²) < 4.78 is 6.65. The Morgan fingerprint density at radius 1 is 1.32 bits per heavy atom. The normalized spacial score (nSPS) is 19.3. The minimum absolute atomic E-state index is 0.150. The fourth-order valence-corrected chi connectivity index (χ4v) is 5.51. The largest absolute Gasteiger partial charge is 0.469 e. The third-order valence-electron chi connectivity index (χ3n) is 6.26. The first-order valence-electron chi connectivity index (χ1n) is 12.0. The van der Waals surface area contributed by atoms with Crippen LogP contribution in [0.3, 0.4) is 0 Å². The number of piperazine rings is 1. The van der Waals surface area contributed by atoms with E-state index in [4.69, 9.17) is 21.9 Å². The van der Waals surface area contributed by atoms with Crippen molar-refractivity contribution >= 4 is 63.6 Å². The standard InChI is InChI=1S/C25H29N5O5S2/c1-14(2)7-9-29-24(34)18(37-25(29)36)11-16-21(27-19-6-5-15(3)13-30(19)23(16)33)28-10-8-26-22(32)17(28)12-20(31)35-4/h5-6,11,13-14,17H,7-10,12H2,1-4H3,(H,26,32)/b18-11-/t17-/m0/s1. The number of hydrogen-bond donors (Lipinski definition) is 1. The van der Waals surface area contributed by atoms with E-state index >= 15 is 0 Å². The molecule has 0 saturated carbocycles. The molecule has 4 heterocycles. The number of anilines is 1. The number of methoxy groups -OCH3 is 1. The Bertz CT molecular complexity index is 1370. The molecule has 1 atom stereocenters. The van der Waals surface area contributed by atoms with Crippen LogP contribution in [0.4, 0.5) is 5.82 Å². The quantitative estimate of drug-likeness (QED) is 0.319. The fraction of sp³-hybridized carbons (Fsp3) is 0.440. The molecule has 10 nitrogen and oxygen atoms in total. The SMILES string of the molecule is COC(=O)C[C@H]1C(=O)NCCN1c1nc2ccc(C)cn2c(=O)c1/C=C1\SC(=S)N(CCC(C)C)C1=O. The van der Waals surface area contributed by atoms with E-state index in [2.05, 4.69) is 19.2 Å². The van der Waals surface area contributed by atoms with Crippen LogP contribution >= 0.6 is 24.0 Å². The lowest BCUT2D eigenvalue weighted by Gasteiger charge is -2.36. The maximum absolute atomic E-state index is 13.8. The molecule has 0 aliphatic carbocycles. The smallest absolute Gasteiger partial charge is 0.308 e. The van der Waals surface area contributed by atoms with E-state index in [0.29, 0.717) is 40.4 Å². The van der Waals surface area contributed by atoms with E-state index in [9.17, 15) is 19.2 Å². The van der Waals surface area contributed by atoms with Gasteiger partial charge in [-0.05, 0) is 37.0 Å². The molecule has 2 amide bonds. The van der Waals surface area contributed by atoms with Gasteiger partial charge in [-0.2, -0.15) is 0 Å². The van der Waals surface area contributed by atoms with Gasteiger partial charge in [0.2, 0.25) is 5.91 Å². The first-order valence-corrected chi connectivity index (χ1v) is 13.2. The molecular weight excluding hydrogens is 514 g/mol. The number of thiocarbonyl (C=S) groups is 1. The van der Waals surface area contributed by atoms with E-state index in [0.717, 1.165) is 23.7 Å². The molecule has 2 aromatic rings. The second kappa shape index (κ2) is 11.0. The topological polar surface area (TPSA) is 113 Å². The summed E-state index contributed by atoms with van der Waals surface area (Å²) in [5.41, 5.74) is 1.00. The molecule has 2 saturated heterocycles. The van der Waals surface area contributed by atoms with Crippen molar-refractivity contribution in [3.63, 3.8) is 0 Å². The number of thioether (sulfide) groups is 1. The number of aromatic nitrogens is 2. The highest BCUT2D eigenvalue weighted by Gasteiger charge is 2.36. The number of nitrogens with one attached hydrogen (secondary N) is 1. The van der Waals surface area contributed by atoms with Gasteiger partial charge >= 0.3 is 5.97 Å². The van der Waals surface area contributed by atoms with Gasteiger partial charge < -0.3 is 15.0 Å². The number of ether oxygens (including phenoxy) is 1. The molecule has 4 rings (SSSR count). The van der Waals surface area contributed by atoms with Crippen LogP contribution in [0.1, 0.15) is 37.8 Å². The summed E-state index contributed by atoms with van der Waals surface area (Å²) in [5, 5.41) is 2.76. The number of carbonyl (C=O) groups is 3. The molecule has 12 heteroatoms. The average Bonchev–Trinajstić information content (AvgIpc) is 3.12.